The van der Waals surface area contributed by atoms with E-state index < -0.39 is 39.4 Å². The lowest BCUT2D eigenvalue weighted by Crippen LogP contribution is -2.99. The maximum absolute atomic E-state index is 8.38. The SMILES string of the molecule is CCCCCO[Si](OCCCCC)(OCCCCC)[Si](OCCCCC)(OCCCCC)[Si](OCCCCC)(OCCCCC)[Si](OCCCCC)(OCCCCC)[Si](OCCCCC)(OCCCCC)OCCCCC. The summed E-state index contributed by atoms with van der Waals surface area (Å²) in [6, 6.07) is 0. The topological polar surface area (TPSA) is 111 Å². The molecular formula is C60H132O12Si5. The Kier molecular flexibility index (Phi) is 53.8. The van der Waals surface area contributed by atoms with Gasteiger partial charge in [-0.2, -0.15) is 0 Å². The normalized spacial score (nSPS) is 12.9. The molecule has 0 saturated heterocycles. The maximum atomic E-state index is 8.38. The molecule has 0 aromatic carbocycles. The molecule has 0 N–H and O–H groups in total. The van der Waals surface area contributed by atoms with E-state index in [-0.39, 0.29) is 0 Å². The molecule has 0 aliphatic rings. The molecule has 0 radical (unpaired) electrons. The smallest absolute Gasteiger partial charge is 0.392 e. The lowest BCUT2D eigenvalue weighted by Gasteiger charge is -2.56. The molecule has 0 aliphatic carbocycles. The Morgan fingerprint density at radius 1 is 0.143 bits per heavy atom. The predicted molar refractivity (Wildman–Crippen MR) is 334 cm³/mol. The number of rotatable bonds is 64. The first-order valence-corrected chi connectivity index (χ1v) is 46.3. The van der Waals surface area contributed by atoms with Crippen LogP contribution < -0.4 is 0 Å². The molecule has 17 heteroatoms. The summed E-state index contributed by atoms with van der Waals surface area (Å²) in [5, 5.41) is 0. The first-order chi connectivity index (χ1) is 37.7. The quantitative estimate of drug-likeness (QED) is 0.0427. The fraction of sp³-hybridized carbons (Fsp3) is 1.00. The van der Waals surface area contributed by atoms with E-state index >= 15 is 0 Å². The van der Waals surface area contributed by atoms with Crippen molar-refractivity contribution in [2.75, 3.05) is 79.3 Å². The first kappa shape index (κ1) is 77.6. The van der Waals surface area contributed by atoms with Gasteiger partial charge in [-0.3, -0.25) is 0 Å². The second-order valence-corrected chi connectivity index (χ2v) is 51.0. The van der Waals surface area contributed by atoms with Crippen LogP contribution in [-0.2, 0) is 53.1 Å². The Morgan fingerprint density at radius 3 is 0.390 bits per heavy atom. The van der Waals surface area contributed by atoms with Crippen LogP contribution in [0.3, 0.4) is 0 Å². The summed E-state index contributed by atoms with van der Waals surface area (Å²) in [6.45, 7) is 32.2. The van der Waals surface area contributed by atoms with Crippen molar-refractivity contribution in [1.82, 2.24) is 0 Å². The van der Waals surface area contributed by atoms with Gasteiger partial charge in [0.1, 0.15) is 0 Å². The summed E-state index contributed by atoms with van der Waals surface area (Å²) in [4.78, 5) is 0. The van der Waals surface area contributed by atoms with E-state index in [4.69, 9.17) is 53.1 Å². The minimum atomic E-state index is -4.62. The van der Waals surface area contributed by atoms with Crippen LogP contribution in [0.2, 0.25) is 0 Å². The standard InChI is InChI=1S/C60H132O12Si5/c1-13-25-37-49-61-73(62-50-38-26-14-2,63-51-39-27-15-3)75(67-55-43-31-19-7,68-56-44-32-20-8)77(71-59-47-35-23-11,72-60-48-36-24-12)76(69-57-45-33-21-9,70-58-46-34-22-10)74(64-52-40-28-16-4,65-53-41-29-17-5)66-54-42-30-18-6/h13-60H2,1-12H3. The highest BCUT2D eigenvalue weighted by Gasteiger charge is 2.97. The van der Waals surface area contributed by atoms with Crippen molar-refractivity contribution in [3.8, 4) is 0 Å². The van der Waals surface area contributed by atoms with Crippen LogP contribution in [0.1, 0.15) is 314 Å². The Balaban J connectivity index is 10.6. The third-order valence-electron chi connectivity index (χ3n) is 14.2. The predicted octanol–water partition coefficient (Wildman–Crippen LogP) is 18.0. The molecule has 0 bridgehead atoms. The second kappa shape index (κ2) is 53.3. The highest BCUT2D eigenvalue weighted by Crippen LogP contribution is 2.47. The van der Waals surface area contributed by atoms with Crippen molar-refractivity contribution >= 4 is 39.4 Å². The zero-order chi connectivity index (χ0) is 56.9. The van der Waals surface area contributed by atoms with Crippen LogP contribution in [0.4, 0.5) is 0 Å². The van der Waals surface area contributed by atoms with Crippen LogP contribution >= 0.6 is 0 Å². The van der Waals surface area contributed by atoms with Crippen molar-refractivity contribution in [1.29, 1.82) is 0 Å². The van der Waals surface area contributed by atoms with E-state index in [9.17, 15) is 0 Å². The monoisotopic (exact) mass is 1180 g/mol. The van der Waals surface area contributed by atoms with Crippen molar-refractivity contribution in [2.24, 2.45) is 0 Å². The molecule has 0 fully saturated rings. The Hall–Kier alpha value is 0.604. The van der Waals surface area contributed by atoms with E-state index in [0.29, 0.717) is 79.3 Å². The van der Waals surface area contributed by atoms with E-state index in [1.54, 1.807) is 0 Å². The summed E-state index contributed by atoms with van der Waals surface area (Å²) < 4.78 is 96.9. The van der Waals surface area contributed by atoms with E-state index in [2.05, 4.69) is 83.1 Å². The van der Waals surface area contributed by atoms with Gasteiger partial charge < -0.3 is 53.1 Å². The molecule has 0 aromatic rings. The molecule has 0 unspecified atom stereocenters. The van der Waals surface area contributed by atoms with Gasteiger partial charge in [-0.05, 0) is 77.0 Å². The summed E-state index contributed by atoms with van der Waals surface area (Å²) >= 11 is 0. The summed E-state index contributed by atoms with van der Waals surface area (Å²) in [5.41, 5.74) is 0. The highest BCUT2D eigenvalue weighted by molar-refractivity contribution is 7.83. The van der Waals surface area contributed by atoms with Gasteiger partial charge in [0.15, 0.2) is 0 Å². The summed E-state index contributed by atoms with van der Waals surface area (Å²) in [6.07, 6.45) is 34.6. The summed E-state index contributed by atoms with van der Waals surface area (Å²) in [7, 11) is -22.3. The highest BCUT2D eigenvalue weighted by atomic mass is 30.0. The Bertz CT molecular complexity index is 1060. The second-order valence-electron chi connectivity index (χ2n) is 21.6. The van der Waals surface area contributed by atoms with E-state index in [0.717, 1.165) is 231 Å². The zero-order valence-corrected chi connectivity index (χ0v) is 58.3. The lowest BCUT2D eigenvalue weighted by atomic mass is 10.3. The number of hydrogen-bond donors (Lipinski definition) is 0. The van der Waals surface area contributed by atoms with Crippen molar-refractivity contribution in [3.63, 3.8) is 0 Å². The average molecular weight is 1190 g/mol. The van der Waals surface area contributed by atoms with E-state index in [1.807, 2.05) is 0 Å². The molecule has 0 rings (SSSR count). The molecule has 464 valence electrons. The Morgan fingerprint density at radius 2 is 0.260 bits per heavy atom. The largest absolute Gasteiger partial charge is 0.541 e. The fourth-order valence-electron chi connectivity index (χ4n) is 9.44. The summed E-state index contributed by atoms with van der Waals surface area (Å²) in [5.74, 6) is 0. The fourth-order valence-corrected chi connectivity index (χ4v) is 80.0. The molecule has 77 heavy (non-hydrogen) atoms. The zero-order valence-electron chi connectivity index (χ0n) is 53.3. The van der Waals surface area contributed by atoms with Gasteiger partial charge in [-0.15, -0.1) is 0 Å². The minimum Gasteiger partial charge on any atom is -0.392 e. The molecule has 0 heterocycles. The molecule has 0 aromatic heterocycles. The average Bonchev–Trinajstić information content (AvgIpc) is 3.46. The molecule has 0 saturated carbocycles. The molecular weight excluding hydrogens is 1050 g/mol. The van der Waals surface area contributed by atoms with E-state index in [1.165, 1.54) is 0 Å². The van der Waals surface area contributed by atoms with Crippen molar-refractivity contribution < 1.29 is 53.1 Å². The van der Waals surface area contributed by atoms with Gasteiger partial charge in [0, 0.05) is 79.3 Å². The van der Waals surface area contributed by atoms with Gasteiger partial charge >= 0.3 is 39.4 Å². The van der Waals surface area contributed by atoms with Gasteiger partial charge in [0.25, 0.3) is 0 Å². The molecule has 0 atom stereocenters. The lowest BCUT2D eigenvalue weighted by molar-refractivity contribution is 0.0387. The van der Waals surface area contributed by atoms with Crippen LogP contribution in [0, 0.1) is 0 Å². The maximum Gasteiger partial charge on any atom is 0.541 e. The molecule has 0 amide bonds. The first-order valence-electron chi connectivity index (χ1n) is 33.4. The Labute approximate surface area is 483 Å². The van der Waals surface area contributed by atoms with Crippen LogP contribution in [0.25, 0.3) is 0 Å². The molecule has 12 nitrogen and oxygen atoms in total. The number of unbranched alkanes of at least 4 members (excludes halogenated alkanes) is 24. The van der Waals surface area contributed by atoms with Crippen LogP contribution in [0.15, 0.2) is 0 Å². The van der Waals surface area contributed by atoms with Gasteiger partial charge in [-0.25, -0.2) is 0 Å². The minimum absolute atomic E-state index is 0.405. The molecule has 0 spiro atoms. The van der Waals surface area contributed by atoms with Gasteiger partial charge in [0.05, 0.1) is 0 Å². The third kappa shape index (κ3) is 29.3. The van der Waals surface area contributed by atoms with Gasteiger partial charge in [0.2, 0.25) is 0 Å². The number of hydrogen-bond acceptors (Lipinski definition) is 12. The van der Waals surface area contributed by atoms with Crippen LogP contribution in [0.5, 0.6) is 0 Å². The van der Waals surface area contributed by atoms with Crippen molar-refractivity contribution in [2.45, 2.75) is 314 Å². The van der Waals surface area contributed by atoms with Gasteiger partial charge in [-0.1, -0.05) is 237 Å². The third-order valence-corrected chi connectivity index (χ3v) is 64.4. The molecule has 0 aliphatic heterocycles. The van der Waals surface area contributed by atoms with Crippen molar-refractivity contribution in [3.05, 3.63) is 0 Å². The van der Waals surface area contributed by atoms with Crippen LogP contribution in [-0.4, -0.2) is 119 Å².